The quantitative estimate of drug-likeness (QED) is 0.198. The summed E-state index contributed by atoms with van der Waals surface area (Å²) in [6, 6.07) is 8.39. The number of anilines is 2. The monoisotopic (exact) mass is 511 g/mol. The first-order valence-electron chi connectivity index (χ1n) is 12.6. The number of carbonyl (C=O) groups is 2. The highest BCUT2D eigenvalue weighted by Gasteiger charge is 2.21. The van der Waals surface area contributed by atoms with Crippen LogP contribution in [0, 0.1) is 5.41 Å². The van der Waals surface area contributed by atoms with Crippen molar-refractivity contribution in [2.24, 2.45) is 12.8 Å². The predicted octanol–water partition coefficient (Wildman–Crippen LogP) is 3.41. The molecule has 2 aromatic carbocycles. The zero-order chi connectivity index (χ0) is 28.4. The Bertz CT molecular complexity index is 1590. The van der Waals surface area contributed by atoms with Gasteiger partial charge in [-0.15, -0.1) is 12.4 Å². The molecule has 4 rings (SSSR count). The number of amides is 1. The molecule has 0 aliphatic heterocycles. The van der Waals surface area contributed by atoms with Crippen molar-refractivity contribution >= 4 is 52.7 Å². The second-order valence-corrected chi connectivity index (χ2v) is 7.60. The molecule has 0 saturated carbocycles. The summed E-state index contributed by atoms with van der Waals surface area (Å²) in [6.45, 7) is -0.0207. The average molecular weight is 512 g/mol. The van der Waals surface area contributed by atoms with E-state index in [0.29, 0.717) is 22.7 Å². The van der Waals surface area contributed by atoms with Crippen molar-refractivity contribution in [2.75, 3.05) is 16.8 Å². The molecule has 2 aromatic heterocycles. The van der Waals surface area contributed by atoms with Gasteiger partial charge in [-0.25, -0.2) is 9.97 Å². The molecule has 11 heteroatoms. The number of nitrogens with two attached hydrogens (primary N) is 1. The van der Waals surface area contributed by atoms with Crippen LogP contribution < -0.4 is 16.0 Å². The van der Waals surface area contributed by atoms with Gasteiger partial charge in [0.25, 0.3) is 5.91 Å². The maximum atomic E-state index is 13.4. The van der Waals surface area contributed by atoms with Gasteiger partial charge in [-0.1, -0.05) is 6.07 Å². The van der Waals surface area contributed by atoms with Gasteiger partial charge >= 0.3 is 5.97 Å². The minimum absolute atomic E-state index is 0. The van der Waals surface area contributed by atoms with Gasteiger partial charge in [-0.2, -0.15) is 0 Å². The number of hydrogen-bond acceptors (Lipinski definition) is 6. The molecule has 0 radical (unpaired) electrons. The number of benzene rings is 2. The van der Waals surface area contributed by atoms with Crippen LogP contribution in [0.4, 0.5) is 11.5 Å². The summed E-state index contributed by atoms with van der Waals surface area (Å²) in [4.78, 5) is 34.6. The first-order valence-corrected chi connectivity index (χ1v) is 10.6. The maximum absolute atomic E-state index is 13.4. The van der Waals surface area contributed by atoms with E-state index in [2.05, 4.69) is 15.3 Å². The molecule has 0 unspecified atom stereocenters. The van der Waals surface area contributed by atoms with Gasteiger partial charge in [0.1, 0.15) is 17.5 Å². The summed E-state index contributed by atoms with van der Waals surface area (Å²) in [5.41, 5.74) is 6.59. The molecule has 0 spiro atoms. The zero-order valence-electron chi connectivity index (χ0n) is 23.2. The number of fused-ring (bicyclic) bond motifs is 1. The van der Waals surface area contributed by atoms with Gasteiger partial charge in [0, 0.05) is 36.6 Å². The number of rotatable bonds is 9. The number of hydrogen-bond donors (Lipinski definition) is 4. The van der Waals surface area contributed by atoms with Crippen molar-refractivity contribution in [1.82, 2.24) is 14.5 Å². The number of carboxylic acid groups (broad SMARTS) is 1. The number of carboxylic acids is 1. The number of aliphatic carboxylic acids is 1. The van der Waals surface area contributed by atoms with E-state index in [9.17, 15) is 9.59 Å². The molecule has 2 heterocycles. The Morgan fingerprint density at radius 3 is 2.58 bits per heavy atom. The summed E-state index contributed by atoms with van der Waals surface area (Å²) in [5.74, 6) is -1.21. The van der Waals surface area contributed by atoms with E-state index in [1.807, 2.05) is 0 Å². The van der Waals surface area contributed by atoms with Gasteiger partial charge in [0.05, 0.1) is 29.5 Å². The minimum atomic E-state index is -1.04. The van der Waals surface area contributed by atoms with Crippen molar-refractivity contribution < 1.29 is 20.2 Å². The van der Waals surface area contributed by atoms with Crippen molar-refractivity contribution in [3.05, 3.63) is 83.7 Å². The number of nitrogens with zero attached hydrogens (tertiary/aromatic N) is 4. The minimum Gasteiger partial charge on any atom is -0.481 e. The maximum Gasteiger partial charge on any atom is 0.305 e. The summed E-state index contributed by atoms with van der Waals surface area (Å²) in [7, 11) is 1.76. The summed E-state index contributed by atoms with van der Waals surface area (Å²) >= 11 is 0. The van der Waals surface area contributed by atoms with E-state index < -0.39 is 29.8 Å². The van der Waals surface area contributed by atoms with Crippen molar-refractivity contribution in [3.63, 3.8) is 0 Å². The van der Waals surface area contributed by atoms with E-state index in [-0.39, 0.29) is 60.8 Å². The highest BCUT2D eigenvalue weighted by atomic mass is 35.5. The fourth-order valence-corrected chi connectivity index (χ4v) is 3.44. The Labute approximate surface area is 219 Å². The second kappa shape index (κ2) is 11.3. The fraction of sp³-hybridized carbons (Fsp3) is 0.160. The van der Waals surface area contributed by atoms with Crippen LogP contribution in [0.1, 0.15) is 33.6 Å². The van der Waals surface area contributed by atoms with Crippen LogP contribution in [0.3, 0.4) is 0 Å². The van der Waals surface area contributed by atoms with Crippen LogP contribution in [0.15, 0.2) is 66.8 Å². The molecule has 0 saturated heterocycles. The molecule has 4 aromatic rings. The molecule has 0 fully saturated rings. The van der Waals surface area contributed by atoms with Gasteiger partial charge in [0.2, 0.25) is 0 Å². The van der Waals surface area contributed by atoms with Gasteiger partial charge in [-0.05, 0) is 54.5 Å². The van der Waals surface area contributed by atoms with Crippen LogP contribution in [0.2, 0.25) is 0 Å². The second-order valence-electron chi connectivity index (χ2n) is 7.60. The van der Waals surface area contributed by atoms with Crippen molar-refractivity contribution in [1.29, 1.82) is 5.41 Å². The smallest absolute Gasteiger partial charge is 0.305 e. The van der Waals surface area contributed by atoms with Gasteiger partial charge in [-0.3, -0.25) is 19.9 Å². The number of aryl methyl sites for hydroxylation is 1. The molecule has 0 bridgehead atoms. The first-order chi connectivity index (χ1) is 18.5. The Morgan fingerprint density at radius 2 is 1.94 bits per heavy atom. The Kier molecular flexibility index (Phi) is 6.57. The lowest BCUT2D eigenvalue weighted by molar-refractivity contribution is -0.136. The molecule has 5 N–H and O–H groups in total. The number of nitrogens with one attached hydrogen (secondary N) is 2. The predicted molar refractivity (Wildman–Crippen MR) is 141 cm³/mol. The molecular formula is C25H26ClN7O3. The summed E-state index contributed by atoms with van der Waals surface area (Å²) < 4.78 is 34.4. The van der Waals surface area contributed by atoms with E-state index >= 15 is 0 Å². The summed E-state index contributed by atoms with van der Waals surface area (Å²) in [5, 5.41) is 19.6. The van der Waals surface area contributed by atoms with Crippen LogP contribution in [0.25, 0.3) is 11.0 Å². The number of aromatic nitrogens is 3. The van der Waals surface area contributed by atoms with E-state index in [1.165, 1.54) is 11.1 Å². The molecule has 0 aliphatic rings. The molecule has 0 atom stereocenters. The number of carbonyl (C=O) groups excluding carboxylic acids is 1. The Morgan fingerprint density at radius 1 is 1.19 bits per heavy atom. The molecule has 186 valence electrons. The third-order valence-corrected chi connectivity index (χ3v) is 5.26. The topological polar surface area (TPSA) is 150 Å². The largest absolute Gasteiger partial charge is 0.481 e. The van der Waals surface area contributed by atoms with Gasteiger partial charge < -0.3 is 20.7 Å². The average Bonchev–Trinajstić information content (AvgIpc) is 3.22. The highest BCUT2D eigenvalue weighted by molar-refractivity contribution is 6.07. The Hall–Kier alpha value is -4.44. The standard InChI is InChI=1S/C25H25N7O3.ClH/c1-31-20-10-7-17(25(35)32(13-11-23(33)34)21-4-2-3-12-28-21)14-19(20)30-22(31)15-29-18-8-5-16(6-9-18)24(26)27;/h2-10,12,14,29H,11,13,15H2,1H3,(H3,26,27)(H,33,34);1H/i5D,6D,8D,9D;. The Balaban J connectivity index is 0.00000441. The third-order valence-electron chi connectivity index (χ3n) is 5.26. The lowest BCUT2D eigenvalue weighted by Gasteiger charge is -2.21. The van der Waals surface area contributed by atoms with E-state index in [4.69, 9.17) is 21.7 Å². The van der Waals surface area contributed by atoms with Crippen LogP contribution in [-0.4, -0.2) is 43.9 Å². The van der Waals surface area contributed by atoms with Crippen LogP contribution in [-0.2, 0) is 18.4 Å². The number of nitrogen functional groups attached to an aromatic ring is 1. The van der Waals surface area contributed by atoms with Crippen molar-refractivity contribution in [2.45, 2.75) is 13.0 Å². The first kappa shape index (κ1) is 20.9. The molecule has 36 heavy (non-hydrogen) atoms. The SMILES string of the molecule is Cl.[2H]c1c([2H])c(C(=N)N)c([2H])c([2H])c1NCc1nc2cc(C(=O)N(CCC(=O)O)c3ccccn3)ccc2n1C. The molecular weight excluding hydrogens is 482 g/mol. The van der Waals surface area contributed by atoms with Gasteiger partial charge in [0.15, 0.2) is 0 Å². The number of imidazole rings is 1. The number of halogens is 1. The molecule has 0 aliphatic carbocycles. The molecule has 1 amide bonds. The summed E-state index contributed by atoms with van der Waals surface area (Å²) in [6.07, 6.45) is 1.26. The normalized spacial score (nSPS) is 12.0. The highest BCUT2D eigenvalue weighted by Crippen LogP contribution is 2.21. The van der Waals surface area contributed by atoms with E-state index in [1.54, 1.807) is 48.0 Å². The number of pyridine rings is 1. The zero-order valence-corrected chi connectivity index (χ0v) is 20.0. The fourth-order valence-electron chi connectivity index (χ4n) is 3.44. The molecule has 10 nitrogen and oxygen atoms in total. The lowest BCUT2D eigenvalue weighted by atomic mass is 10.1. The van der Waals surface area contributed by atoms with Crippen LogP contribution >= 0.6 is 12.4 Å². The van der Waals surface area contributed by atoms with Crippen molar-refractivity contribution in [3.8, 4) is 0 Å². The lowest BCUT2D eigenvalue weighted by Crippen LogP contribution is -2.33. The number of amidine groups is 1. The third kappa shape index (κ3) is 5.78. The van der Waals surface area contributed by atoms with Crippen LogP contribution in [0.5, 0.6) is 0 Å². The van der Waals surface area contributed by atoms with E-state index in [0.717, 1.165) is 0 Å².